The molecule has 5 nitrogen and oxygen atoms in total. The van der Waals surface area contributed by atoms with Crippen molar-refractivity contribution in [3.05, 3.63) is 59.7 Å². The van der Waals surface area contributed by atoms with Crippen LogP contribution in [0.25, 0.3) is 0 Å². The minimum Gasteiger partial charge on any atom is -0.497 e. The summed E-state index contributed by atoms with van der Waals surface area (Å²) >= 11 is 0. The number of hydrogen-bond acceptors (Lipinski definition) is 4. The van der Waals surface area contributed by atoms with E-state index in [2.05, 4.69) is 10.3 Å². The number of carbonyl (C=O) groups excluding carboxylic acids is 1. The summed E-state index contributed by atoms with van der Waals surface area (Å²) in [7, 11) is 1.63. The maximum atomic E-state index is 14.1. The van der Waals surface area contributed by atoms with Gasteiger partial charge in [0.15, 0.2) is 5.82 Å². The lowest BCUT2D eigenvalue weighted by Gasteiger charge is -2.28. The fraction of sp³-hybridized carbons (Fsp3) is 0.368. The van der Waals surface area contributed by atoms with Crippen molar-refractivity contribution in [1.29, 1.82) is 0 Å². The van der Waals surface area contributed by atoms with Gasteiger partial charge in [0, 0.05) is 31.7 Å². The van der Waals surface area contributed by atoms with Crippen LogP contribution in [0.4, 0.5) is 4.39 Å². The number of halogens is 1. The summed E-state index contributed by atoms with van der Waals surface area (Å²) in [4.78, 5) is 18.6. The van der Waals surface area contributed by atoms with Crippen LogP contribution in [0.15, 0.2) is 42.7 Å². The number of nitrogens with one attached hydrogen (secondary N) is 1. The first-order valence-electron chi connectivity index (χ1n) is 8.44. The quantitative estimate of drug-likeness (QED) is 0.930. The molecule has 2 fully saturated rings. The second kappa shape index (κ2) is 6.44. The Morgan fingerprint density at radius 1 is 1.28 bits per heavy atom. The van der Waals surface area contributed by atoms with Crippen LogP contribution in [-0.2, 0) is 0 Å². The maximum absolute atomic E-state index is 14.1. The lowest BCUT2D eigenvalue weighted by Crippen LogP contribution is -2.35. The van der Waals surface area contributed by atoms with Crippen molar-refractivity contribution in [1.82, 2.24) is 15.2 Å². The monoisotopic (exact) mass is 341 g/mol. The minimum atomic E-state index is -0.573. The molecular weight excluding hydrogens is 321 g/mol. The van der Waals surface area contributed by atoms with Gasteiger partial charge in [0.25, 0.3) is 5.91 Å². The van der Waals surface area contributed by atoms with Gasteiger partial charge in [-0.05, 0) is 29.7 Å². The van der Waals surface area contributed by atoms with E-state index in [9.17, 15) is 9.18 Å². The third kappa shape index (κ3) is 2.76. The standard InChI is InChI=1S/C19H20FN3O2/c1-25-14-4-2-12(3-5-14)18-16-9-22-8-13(16)11-23(18)19(24)15-6-7-21-10-17(15)20/h2-7,10,13,16,18,22H,8-9,11H2,1H3/t13-,16-,18+/m0/s1. The number of carbonyl (C=O) groups is 1. The number of methoxy groups -OCH3 is 1. The summed E-state index contributed by atoms with van der Waals surface area (Å²) in [6, 6.07) is 9.18. The highest BCUT2D eigenvalue weighted by molar-refractivity contribution is 5.95. The lowest BCUT2D eigenvalue weighted by molar-refractivity contribution is 0.0709. The molecule has 3 atom stereocenters. The number of benzene rings is 1. The Labute approximate surface area is 145 Å². The molecule has 0 bridgehead atoms. The highest BCUT2D eigenvalue weighted by atomic mass is 19.1. The Morgan fingerprint density at radius 3 is 2.80 bits per heavy atom. The number of fused-ring (bicyclic) bond motifs is 1. The van der Waals surface area contributed by atoms with Crippen molar-refractivity contribution in [2.24, 2.45) is 11.8 Å². The van der Waals surface area contributed by atoms with E-state index < -0.39 is 5.82 Å². The smallest absolute Gasteiger partial charge is 0.257 e. The Balaban J connectivity index is 1.70. The van der Waals surface area contributed by atoms with Gasteiger partial charge in [-0.1, -0.05) is 12.1 Å². The lowest BCUT2D eigenvalue weighted by atomic mass is 9.89. The molecule has 130 valence electrons. The van der Waals surface area contributed by atoms with Crippen molar-refractivity contribution in [2.75, 3.05) is 26.7 Å². The van der Waals surface area contributed by atoms with E-state index >= 15 is 0 Å². The van der Waals surface area contributed by atoms with Gasteiger partial charge in [0.1, 0.15) is 5.75 Å². The molecule has 0 radical (unpaired) electrons. The normalized spacial score (nSPS) is 25.0. The molecule has 2 aromatic rings. The molecule has 2 aliphatic rings. The third-order valence-electron chi connectivity index (χ3n) is 5.29. The summed E-state index contributed by atoms with van der Waals surface area (Å²) in [6.45, 7) is 2.39. The molecular formula is C19H20FN3O2. The topological polar surface area (TPSA) is 54.5 Å². The Kier molecular flexibility index (Phi) is 4.13. The van der Waals surface area contributed by atoms with Gasteiger partial charge < -0.3 is 15.0 Å². The molecule has 25 heavy (non-hydrogen) atoms. The van der Waals surface area contributed by atoms with E-state index in [4.69, 9.17) is 4.74 Å². The number of likely N-dealkylation sites (tertiary alicyclic amines) is 1. The first kappa shape index (κ1) is 16.0. The van der Waals surface area contributed by atoms with Gasteiger partial charge >= 0.3 is 0 Å². The first-order valence-corrected chi connectivity index (χ1v) is 8.44. The molecule has 3 heterocycles. The number of hydrogen-bond donors (Lipinski definition) is 1. The van der Waals surface area contributed by atoms with Crippen molar-refractivity contribution in [2.45, 2.75) is 6.04 Å². The van der Waals surface area contributed by atoms with E-state index in [1.54, 1.807) is 7.11 Å². The predicted octanol–water partition coefficient (Wildman–Crippen LogP) is 2.26. The Morgan fingerprint density at radius 2 is 2.08 bits per heavy atom. The number of aromatic nitrogens is 1. The van der Waals surface area contributed by atoms with E-state index in [1.807, 2.05) is 29.2 Å². The second-order valence-electron chi connectivity index (χ2n) is 6.61. The molecule has 0 aliphatic carbocycles. The summed E-state index contributed by atoms with van der Waals surface area (Å²) in [5.41, 5.74) is 1.14. The van der Waals surface area contributed by atoms with Crippen LogP contribution in [0.1, 0.15) is 22.0 Å². The molecule has 4 rings (SSSR count). The van der Waals surface area contributed by atoms with Crippen LogP contribution in [-0.4, -0.2) is 42.5 Å². The number of rotatable bonds is 3. The number of pyridine rings is 1. The van der Waals surface area contributed by atoms with Gasteiger partial charge in [0.05, 0.1) is 24.9 Å². The van der Waals surface area contributed by atoms with Crippen LogP contribution >= 0.6 is 0 Å². The Hall–Kier alpha value is -2.47. The molecule has 1 amide bonds. The number of nitrogens with zero attached hydrogens (tertiary/aromatic N) is 2. The zero-order valence-corrected chi connectivity index (χ0v) is 14.0. The van der Waals surface area contributed by atoms with Crippen molar-refractivity contribution in [3.63, 3.8) is 0 Å². The SMILES string of the molecule is COc1ccc([C@@H]2[C@H]3CNC[C@H]3CN2C(=O)c2ccncc2F)cc1. The average Bonchev–Trinajstić information content (AvgIpc) is 3.22. The highest BCUT2D eigenvalue weighted by Gasteiger charge is 2.47. The summed E-state index contributed by atoms with van der Waals surface area (Å²) < 4.78 is 19.3. The first-order chi connectivity index (χ1) is 12.2. The van der Waals surface area contributed by atoms with Crippen LogP contribution in [0.2, 0.25) is 0 Å². The molecule has 1 aromatic carbocycles. The fourth-order valence-corrected chi connectivity index (χ4v) is 4.06. The fourth-order valence-electron chi connectivity index (χ4n) is 4.06. The number of amides is 1. The summed E-state index contributed by atoms with van der Waals surface area (Å²) in [6.07, 6.45) is 2.55. The van der Waals surface area contributed by atoms with E-state index in [0.717, 1.165) is 30.6 Å². The average molecular weight is 341 g/mol. The molecule has 2 aliphatic heterocycles. The van der Waals surface area contributed by atoms with Crippen LogP contribution in [0, 0.1) is 17.7 Å². The third-order valence-corrected chi connectivity index (χ3v) is 5.29. The van der Waals surface area contributed by atoms with E-state index in [-0.39, 0.29) is 17.5 Å². The van der Waals surface area contributed by atoms with Gasteiger partial charge in [0.2, 0.25) is 0 Å². The zero-order valence-electron chi connectivity index (χ0n) is 14.0. The molecule has 0 saturated carbocycles. The molecule has 0 spiro atoms. The van der Waals surface area contributed by atoms with Crippen molar-refractivity contribution >= 4 is 5.91 Å². The molecule has 1 N–H and O–H groups in total. The van der Waals surface area contributed by atoms with Crippen LogP contribution in [0.5, 0.6) is 5.75 Å². The van der Waals surface area contributed by atoms with Gasteiger partial charge in [-0.3, -0.25) is 9.78 Å². The van der Waals surface area contributed by atoms with E-state index in [1.165, 1.54) is 12.3 Å². The zero-order chi connectivity index (χ0) is 17.4. The molecule has 2 saturated heterocycles. The second-order valence-corrected chi connectivity index (χ2v) is 6.61. The van der Waals surface area contributed by atoms with Crippen LogP contribution < -0.4 is 10.1 Å². The molecule has 1 aromatic heterocycles. The molecule has 0 unspecified atom stereocenters. The predicted molar refractivity (Wildman–Crippen MR) is 90.8 cm³/mol. The minimum absolute atomic E-state index is 0.0639. The Bertz CT molecular complexity index is 780. The summed E-state index contributed by atoms with van der Waals surface area (Å²) in [5, 5.41) is 3.41. The van der Waals surface area contributed by atoms with Crippen LogP contribution in [0.3, 0.4) is 0 Å². The largest absolute Gasteiger partial charge is 0.497 e. The highest BCUT2D eigenvalue weighted by Crippen LogP contribution is 2.43. The molecule has 6 heteroatoms. The summed E-state index contributed by atoms with van der Waals surface area (Å²) in [5.74, 6) is 0.662. The van der Waals surface area contributed by atoms with Crippen molar-refractivity contribution < 1.29 is 13.9 Å². The number of ether oxygens (including phenoxy) is 1. The van der Waals surface area contributed by atoms with E-state index in [0.29, 0.717) is 18.4 Å². The van der Waals surface area contributed by atoms with Gasteiger partial charge in [-0.25, -0.2) is 4.39 Å². The van der Waals surface area contributed by atoms with Gasteiger partial charge in [-0.15, -0.1) is 0 Å². The maximum Gasteiger partial charge on any atom is 0.257 e. The van der Waals surface area contributed by atoms with Gasteiger partial charge in [-0.2, -0.15) is 0 Å². The van der Waals surface area contributed by atoms with Crippen molar-refractivity contribution in [3.8, 4) is 5.75 Å².